The predicted molar refractivity (Wildman–Crippen MR) is 127 cm³/mol. The zero-order valence-electron chi connectivity index (χ0n) is 17.2. The average Bonchev–Trinajstić information content (AvgIpc) is 2.98. The molecule has 10 heteroatoms. The number of nitrogens with zero attached hydrogens (tertiary/aromatic N) is 3. The SMILES string of the molecule is CCN(CC)CCNc1nc2ccccc2n1Cc1ccc(F)cc1.Cl.Cl.O.O.O. The molecule has 0 atom stereocenters. The summed E-state index contributed by atoms with van der Waals surface area (Å²) >= 11 is 0. The molecule has 0 aliphatic rings. The van der Waals surface area contributed by atoms with Gasteiger partial charge in [0.2, 0.25) is 5.95 Å². The number of anilines is 1. The number of para-hydroxylation sites is 2. The lowest BCUT2D eigenvalue weighted by atomic mass is 10.2. The Morgan fingerprint density at radius 1 is 0.933 bits per heavy atom. The molecular formula is C20H33Cl2FN4O3. The minimum absolute atomic E-state index is 0. The van der Waals surface area contributed by atoms with E-state index in [4.69, 9.17) is 4.98 Å². The summed E-state index contributed by atoms with van der Waals surface area (Å²) in [6.45, 7) is 8.92. The summed E-state index contributed by atoms with van der Waals surface area (Å²) in [5.41, 5.74) is 3.10. The maximum Gasteiger partial charge on any atom is 0.204 e. The van der Waals surface area contributed by atoms with Crippen LogP contribution in [0.3, 0.4) is 0 Å². The number of benzene rings is 2. The fourth-order valence-electron chi connectivity index (χ4n) is 3.01. The number of hydrogen-bond acceptors (Lipinski definition) is 3. The van der Waals surface area contributed by atoms with Crippen LogP contribution < -0.4 is 5.32 Å². The van der Waals surface area contributed by atoms with E-state index in [1.165, 1.54) is 12.1 Å². The van der Waals surface area contributed by atoms with E-state index in [9.17, 15) is 4.39 Å². The van der Waals surface area contributed by atoms with Gasteiger partial charge in [-0.25, -0.2) is 9.37 Å². The Bertz CT molecular complexity index is 831. The zero-order chi connectivity index (χ0) is 17.6. The Balaban J connectivity index is -0.00000146. The van der Waals surface area contributed by atoms with Crippen molar-refractivity contribution in [2.45, 2.75) is 20.4 Å². The quantitative estimate of drug-likeness (QED) is 0.546. The summed E-state index contributed by atoms with van der Waals surface area (Å²) in [7, 11) is 0. The lowest BCUT2D eigenvalue weighted by Gasteiger charge is -2.18. The molecule has 0 radical (unpaired) electrons. The average molecular weight is 467 g/mol. The van der Waals surface area contributed by atoms with Gasteiger partial charge in [0.15, 0.2) is 0 Å². The molecular weight excluding hydrogens is 434 g/mol. The van der Waals surface area contributed by atoms with E-state index in [1.54, 1.807) is 0 Å². The molecule has 2 aromatic carbocycles. The third-order valence-electron chi connectivity index (χ3n) is 4.51. The molecule has 1 heterocycles. The smallest absolute Gasteiger partial charge is 0.204 e. The Morgan fingerprint density at radius 2 is 1.53 bits per heavy atom. The number of halogens is 3. The normalized spacial score (nSPS) is 9.47. The molecule has 0 saturated heterocycles. The van der Waals surface area contributed by atoms with Crippen LogP contribution in [0.4, 0.5) is 10.3 Å². The molecule has 3 aromatic rings. The predicted octanol–water partition coefficient (Wildman–Crippen LogP) is 2.35. The minimum Gasteiger partial charge on any atom is -0.412 e. The molecule has 7 N–H and O–H groups in total. The molecule has 0 amide bonds. The highest BCUT2D eigenvalue weighted by atomic mass is 35.5. The van der Waals surface area contributed by atoms with E-state index in [-0.39, 0.29) is 47.1 Å². The van der Waals surface area contributed by atoms with Crippen molar-refractivity contribution in [3.8, 4) is 0 Å². The van der Waals surface area contributed by atoms with E-state index in [1.807, 2.05) is 30.3 Å². The van der Waals surface area contributed by atoms with Crippen LogP contribution in [0.15, 0.2) is 48.5 Å². The summed E-state index contributed by atoms with van der Waals surface area (Å²) < 4.78 is 15.3. The number of rotatable bonds is 8. The third-order valence-corrected chi connectivity index (χ3v) is 4.51. The molecule has 0 bridgehead atoms. The fourth-order valence-corrected chi connectivity index (χ4v) is 3.01. The van der Waals surface area contributed by atoms with Crippen LogP contribution in [-0.4, -0.2) is 57.1 Å². The molecule has 0 aliphatic carbocycles. The molecule has 0 fully saturated rings. The van der Waals surface area contributed by atoms with Crippen molar-refractivity contribution < 1.29 is 20.8 Å². The Hall–Kier alpha value is -1.94. The van der Waals surface area contributed by atoms with Gasteiger partial charge in [-0.15, -0.1) is 24.8 Å². The summed E-state index contributed by atoms with van der Waals surface area (Å²) in [4.78, 5) is 7.11. The monoisotopic (exact) mass is 466 g/mol. The standard InChI is InChI=1S/C20H25FN4.2ClH.3H2O/c1-3-24(4-2)14-13-22-20-23-18-7-5-6-8-19(18)25(20)15-16-9-11-17(21)12-10-16;;;;;/h5-12H,3-4,13-15H2,1-2H3,(H,22,23);2*1H;3*1H2. The van der Waals surface area contributed by atoms with Crippen LogP contribution in [-0.2, 0) is 6.54 Å². The number of nitrogens with one attached hydrogen (secondary N) is 1. The van der Waals surface area contributed by atoms with Gasteiger partial charge < -0.3 is 31.2 Å². The molecule has 0 aliphatic heterocycles. The van der Waals surface area contributed by atoms with Gasteiger partial charge >= 0.3 is 0 Å². The van der Waals surface area contributed by atoms with Crippen LogP contribution in [0.1, 0.15) is 19.4 Å². The van der Waals surface area contributed by atoms with Crippen molar-refractivity contribution in [1.29, 1.82) is 0 Å². The van der Waals surface area contributed by atoms with E-state index in [2.05, 4.69) is 34.7 Å². The largest absolute Gasteiger partial charge is 0.412 e. The molecule has 0 unspecified atom stereocenters. The second-order valence-corrected chi connectivity index (χ2v) is 6.09. The number of likely N-dealkylation sites (N-methyl/N-ethyl adjacent to an activating group) is 1. The summed E-state index contributed by atoms with van der Waals surface area (Å²) in [5.74, 6) is 0.648. The van der Waals surface area contributed by atoms with Gasteiger partial charge in [-0.1, -0.05) is 38.1 Å². The Morgan fingerprint density at radius 3 is 2.13 bits per heavy atom. The minimum atomic E-state index is -0.211. The maximum absolute atomic E-state index is 13.2. The number of aromatic nitrogens is 2. The van der Waals surface area contributed by atoms with Gasteiger partial charge in [-0.3, -0.25) is 0 Å². The van der Waals surface area contributed by atoms with Crippen molar-refractivity contribution >= 4 is 41.8 Å². The van der Waals surface area contributed by atoms with Crippen LogP contribution in [0, 0.1) is 5.82 Å². The summed E-state index contributed by atoms with van der Waals surface area (Å²) in [6, 6.07) is 14.8. The van der Waals surface area contributed by atoms with E-state index in [0.717, 1.165) is 48.7 Å². The molecule has 172 valence electrons. The van der Waals surface area contributed by atoms with Crippen LogP contribution in [0.2, 0.25) is 0 Å². The second-order valence-electron chi connectivity index (χ2n) is 6.09. The summed E-state index contributed by atoms with van der Waals surface area (Å²) in [5, 5.41) is 3.47. The molecule has 30 heavy (non-hydrogen) atoms. The van der Waals surface area contributed by atoms with Gasteiger partial charge in [0.25, 0.3) is 0 Å². The highest BCUT2D eigenvalue weighted by Gasteiger charge is 2.11. The second kappa shape index (κ2) is 15.8. The molecule has 1 aromatic heterocycles. The first-order valence-corrected chi connectivity index (χ1v) is 8.87. The third kappa shape index (κ3) is 8.06. The lowest BCUT2D eigenvalue weighted by Crippen LogP contribution is -2.29. The summed E-state index contributed by atoms with van der Waals surface area (Å²) in [6.07, 6.45) is 0. The van der Waals surface area contributed by atoms with Crippen molar-refractivity contribution in [2.75, 3.05) is 31.5 Å². The first kappa shape index (κ1) is 32.7. The maximum atomic E-state index is 13.2. The Labute approximate surface area is 189 Å². The Kier molecular flexibility index (Phi) is 17.3. The van der Waals surface area contributed by atoms with E-state index >= 15 is 0 Å². The topological polar surface area (TPSA) is 128 Å². The van der Waals surface area contributed by atoms with Gasteiger partial charge in [0, 0.05) is 13.1 Å². The molecule has 7 nitrogen and oxygen atoms in total. The zero-order valence-corrected chi connectivity index (χ0v) is 18.8. The number of hydrogen-bond donors (Lipinski definition) is 1. The van der Waals surface area contributed by atoms with Crippen LogP contribution >= 0.6 is 24.8 Å². The van der Waals surface area contributed by atoms with Gasteiger partial charge in [0.1, 0.15) is 5.82 Å². The molecule has 3 rings (SSSR count). The highest BCUT2D eigenvalue weighted by molar-refractivity contribution is 5.85. The highest BCUT2D eigenvalue weighted by Crippen LogP contribution is 2.21. The van der Waals surface area contributed by atoms with Crippen molar-refractivity contribution in [1.82, 2.24) is 14.5 Å². The van der Waals surface area contributed by atoms with Crippen LogP contribution in [0.25, 0.3) is 11.0 Å². The first-order valence-electron chi connectivity index (χ1n) is 8.87. The number of fused-ring (bicyclic) bond motifs is 1. The van der Waals surface area contributed by atoms with Crippen molar-refractivity contribution in [2.24, 2.45) is 0 Å². The molecule has 0 spiro atoms. The van der Waals surface area contributed by atoms with Crippen molar-refractivity contribution in [3.63, 3.8) is 0 Å². The molecule has 0 saturated carbocycles. The number of imidazole rings is 1. The van der Waals surface area contributed by atoms with Gasteiger partial charge in [0.05, 0.1) is 17.6 Å². The van der Waals surface area contributed by atoms with E-state index in [0.29, 0.717) is 6.54 Å². The van der Waals surface area contributed by atoms with Gasteiger partial charge in [-0.05, 0) is 42.9 Å². The van der Waals surface area contributed by atoms with Crippen molar-refractivity contribution in [3.05, 3.63) is 59.9 Å². The van der Waals surface area contributed by atoms with E-state index < -0.39 is 0 Å². The van der Waals surface area contributed by atoms with Gasteiger partial charge in [-0.2, -0.15) is 0 Å². The fraction of sp³-hybridized carbons (Fsp3) is 0.350. The lowest BCUT2D eigenvalue weighted by molar-refractivity contribution is 0.315. The van der Waals surface area contributed by atoms with Crippen LogP contribution in [0.5, 0.6) is 0 Å². The first-order chi connectivity index (χ1) is 12.2.